The van der Waals surface area contributed by atoms with Gasteiger partial charge in [0.15, 0.2) is 5.65 Å². The van der Waals surface area contributed by atoms with Crippen LogP contribution in [0.3, 0.4) is 0 Å². The van der Waals surface area contributed by atoms with Crippen molar-refractivity contribution in [1.82, 2.24) is 20.2 Å². The predicted molar refractivity (Wildman–Crippen MR) is 64.7 cm³/mol. The van der Waals surface area contributed by atoms with Crippen LogP contribution in [0.1, 0.15) is 0 Å². The van der Waals surface area contributed by atoms with E-state index in [1.54, 1.807) is 18.1 Å². The number of hydrogen-bond acceptors (Lipinski definition) is 7. The number of nitrogens with zero attached hydrogens (tertiary/aromatic N) is 6. The number of anilines is 2. The van der Waals surface area contributed by atoms with E-state index in [0.717, 1.165) is 0 Å². The average molecular weight is 242 g/mol. The molecule has 90 valence electrons. The fourth-order valence-corrected chi connectivity index (χ4v) is 1.55. The van der Waals surface area contributed by atoms with E-state index in [1.807, 2.05) is 12.1 Å². The van der Waals surface area contributed by atoms with Crippen LogP contribution >= 0.6 is 0 Å². The maximum atomic E-state index is 8.79. The third-order valence-electron chi connectivity index (χ3n) is 2.34. The largest absolute Gasteiger partial charge is 0.357 e. The number of nitrogens with one attached hydrogen (secondary N) is 2. The van der Waals surface area contributed by atoms with Gasteiger partial charge < -0.3 is 10.2 Å². The Hall–Kier alpha value is -2.87. The summed E-state index contributed by atoms with van der Waals surface area (Å²) < 4.78 is 0. The van der Waals surface area contributed by atoms with Gasteiger partial charge in [0, 0.05) is 7.05 Å². The van der Waals surface area contributed by atoms with Crippen molar-refractivity contribution in [2.45, 2.75) is 0 Å². The summed E-state index contributed by atoms with van der Waals surface area (Å²) in [6.45, 7) is 0.155. The van der Waals surface area contributed by atoms with Crippen LogP contribution in [0.15, 0.2) is 6.20 Å². The summed E-state index contributed by atoms with van der Waals surface area (Å²) in [6.07, 6.45) is 1.58. The molecule has 2 aromatic rings. The van der Waals surface area contributed by atoms with E-state index in [-0.39, 0.29) is 13.1 Å². The van der Waals surface area contributed by atoms with E-state index < -0.39 is 0 Å². The Morgan fingerprint density at radius 3 is 2.67 bits per heavy atom. The summed E-state index contributed by atoms with van der Waals surface area (Å²) in [7, 11) is 1.69. The molecule has 18 heavy (non-hydrogen) atoms. The minimum atomic E-state index is 0.0774. The molecular weight excluding hydrogens is 232 g/mol. The SMILES string of the molecule is CNc1nc(N(CC#N)CC#N)c2cn[nH]c2n1. The molecular formula is C10H10N8. The van der Waals surface area contributed by atoms with Gasteiger partial charge in [-0.25, -0.2) is 0 Å². The molecule has 0 amide bonds. The van der Waals surface area contributed by atoms with Crippen LogP contribution in [0.5, 0.6) is 0 Å². The van der Waals surface area contributed by atoms with Crippen molar-refractivity contribution in [3.05, 3.63) is 6.20 Å². The van der Waals surface area contributed by atoms with Gasteiger partial charge in [0.25, 0.3) is 0 Å². The Morgan fingerprint density at radius 2 is 2.06 bits per heavy atom. The van der Waals surface area contributed by atoms with Crippen molar-refractivity contribution in [2.24, 2.45) is 0 Å². The van der Waals surface area contributed by atoms with Gasteiger partial charge in [-0.2, -0.15) is 25.6 Å². The number of aromatic amines is 1. The van der Waals surface area contributed by atoms with Gasteiger partial charge in [0.05, 0.1) is 23.7 Å². The molecule has 2 rings (SSSR count). The van der Waals surface area contributed by atoms with Crippen LogP contribution in [0.4, 0.5) is 11.8 Å². The second kappa shape index (κ2) is 4.97. The minimum Gasteiger partial charge on any atom is -0.357 e. The third kappa shape index (κ3) is 1.99. The number of nitriles is 2. The Balaban J connectivity index is 2.56. The molecule has 0 radical (unpaired) electrons. The Bertz CT molecular complexity index is 615. The molecule has 8 heteroatoms. The number of aromatic nitrogens is 4. The van der Waals surface area contributed by atoms with Crippen LogP contribution < -0.4 is 10.2 Å². The quantitative estimate of drug-likeness (QED) is 0.737. The molecule has 0 spiro atoms. The zero-order valence-electron chi connectivity index (χ0n) is 9.67. The molecule has 0 fully saturated rings. The maximum Gasteiger partial charge on any atom is 0.226 e. The lowest BCUT2D eigenvalue weighted by atomic mass is 10.3. The van der Waals surface area contributed by atoms with Crippen LogP contribution in [-0.4, -0.2) is 40.3 Å². The molecule has 8 nitrogen and oxygen atoms in total. The fourth-order valence-electron chi connectivity index (χ4n) is 1.55. The summed E-state index contributed by atoms with van der Waals surface area (Å²) in [6, 6.07) is 4.02. The lowest BCUT2D eigenvalue weighted by Crippen LogP contribution is -2.25. The van der Waals surface area contributed by atoms with Crippen LogP contribution in [0.2, 0.25) is 0 Å². The third-order valence-corrected chi connectivity index (χ3v) is 2.34. The molecule has 0 unspecified atom stereocenters. The second-order valence-corrected chi connectivity index (χ2v) is 3.43. The highest BCUT2D eigenvalue weighted by atomic mass is 15.3. The molecule has 2 aromatic heterocycles. The van der Waals surface area contributed by atoms with Crippen LogP contribution in [0, 0.1) is 22.7 Å². The molecule has 2 N–H and O–H groups in total. The fraction of sp³-hybridized carbons (Fsp3) is 0.300. The van der Waals surface area contributed by atoms with E-state index in [1.165, 1.54) is 0 Å². The summed E-state index contributed by atoms with van der Waals surface area (Å²) in [4.78, 5) is 10.0. The van der Waals surface area contributed by atoms with E-state index in [4.69, 9.17) is 10.5 Å². The molecule has 0 aliphatic carbocycles. The molecule has 0 aromatic carbocycles. The van der Waals surface area contributed by atoms with Crippen molar-refractivity contribution >= 4 is 22.8 Å². The van der Waals surface area contributed by atoms with E-state index in [9.17, 15) is 0 Å². The second-order valence-electron chi connectivity index (χ2n) is 3.43. The predicted octanol–water partition coefficient (Wildman–Crippen LogP) is 0.248. The molecule has 2 heterocycles. The van der Waals surface area contributed by atoms with E-state index in [0.29, 0.717) is 22.8 Å². The first-order valence-electron chi connectivity index (χ1n) is 5.18. The number of H-pyrrole nitrogens is 1. The van der Waals surface area contributed by atoms with Crippen LogP contribution in [0.25, 0.3) is 11.0 Å². The van der Waals surface area contributed by atoms with Crippen LogP contribution in [-0.2, 0) is 0 Å². The zero-order chi connectivity index (χ0) is 13.0. The summed E-state index contributed by atoms with van der Waals surface area (Å²) >= 11 is 0. The van der Waals surface area contributed by atoms with Gasteiger partial charge in [-0.1, -0.05) is 0 Å². The molecule has 0 saturated carbocycles. The topological polar surface area (TPSA) is 117 Å². The number of fused-ring (bicyclic) bond motifs is 1. The molecule has 0 aliphatic heterocycles. The smallest absolute Gasteiger partial charge is 0.226 e. The first-order chi connectivity index (χ1) is 8.80. The number of hydrogen-bond donors (Lipinski definition) is 2. The molecule has 0 aliphatic rings. The van der Waals surface area contributed by atoms with Crippen molar-refractivity contribution in [2.75, 3.05) is 30.4 Å². The number of rotatable bonds is 4. The molecule has 0 atom stereocenters. The average Bonchev–Trinajstić information content (AvgIpc) is 2.85. The van der Waals surface area contributed by atoms with Crippen molar-refractivity contribution in [1.29, 1.82) is 10.5 Å². The normalized spacial score (nSPS) is 9.72. The first-order valence-corrected chi connectivity index (χ1v) is 5.18. The summed E-state index contributed by atoms with van der Waals surface area (Å²) in [5.41, 5.74) is 0.560. The summed E-state index contributed by atoms with van der Waals surface area (Å²) in [5.74, 6) is 0.920. The highest BCUT2D eigenvalue weighted by molar-refractivity contribution is 5.87. The van der Waals surface area contributed by atoms with Gasteiger partial charge in [-0.3, -0.25) is 5.10 Å². The summed E-state index contributed by atoms with van der Waals surface area (Å²) in [5, 5.41) is 27.7. The molecule has 0 bridgehead atoms. The highest BCUT2D eigenvalue weighted by Crippen LogP contribution is 2.23. The zero-order valence-corrected chi connectivity index (χ0v) is 9.67. The Labute approximate surface area is 103 Å². The van der Waals surface area contributed by atoms with E-state index in [2.05, 4.69) is 25.5 Å². The van der Waals surface area contributed by atoms with Crippen molar-refractivity contribution < 1.29 is 0 Å². The monoisotopic (exact) mass is 242 g/mol. The van der Waals surface area contributed by atoms with Crippen molar-refractivity contribution in [3.8, 4) is 12.1 Å². The van der Waals surface area contributed by atoms with E-state index >= 15 is 0 Å². The highest BCUT2D eigenvalue weighted by Gasteiger charge is 2.15. The maximum absolute atomic E-state index is 8.79. The van der Waals surface area contributed by atoms with Gasteiger partial charge in [0.2, 0.25) is 5.95 Å². The standard InChI is InChI=1S/C10H10N8/c1-13-10-15-8-7(6-14-17-8)9(16-10)18(4-2-11)5-3-12/h6H,4-5H2,1H3,(H2,13,14,15,16,17). The van der Waals surface area contributed by atoms with Gasteiger partial charge >= 0.3 is 0 Å². The Kier molecular flexibility index (Phi) is 3.21. The lowest BCUT2D eigenvalue weighted by molar-refractivity contribution is 0.938. The molecule has 0 saturated heterocycles. The van der Waals surface area contributed by atoms with Gasteiger partial charge in [-0.15, -0.1) is 0 Å². The first kappa shape index (κ1) is 11.6. The Morgan fingerprint density at radius 1 is 1.33 bits per heavy atom. The van der Waals surface area contributed by atoms with Gasteiger partial charge in [-0.05, 0) is 0 Å². The lowest BCUT2D eigenvalue weighted by Gasteiger charge is -2.17. The minimum absolute atomic E-state index is 0.0774. The van der Waals surface area contributed by atoms with Gasteiger partial charge in [0.1, 0.15) is 18.9 Å². The van der Waals surface area contributed by atoms with Crippen molar-refractivity contribution in [3.63, 3.8) is 0 Å².